The minimum absolute atomic E-state index is 0.716. The molecule has 0 unspecified atom stereocenters. The molecule has 2 aliphatic rings. The van der Waals surface area contributed by atoms with E-state index in [1.807, 2.05) is 0 Å². The van der Waals surface area contributed by atoms with Gasteiger partial charge in [0.1, 0.15) is 0 Å². The predicted molar refractivity (Wildman–Crippen MR) is 51.0 cm³/mol. The summed E-state index contributed by atoms with van der Waals surface area (Å²) < 4.78 is 0. The van der Waals surface area contributed by atoms with Crippen LogP contribution in [0.1, 0.15) is 38.5 Å². The van der Waals surface area contributed by atoms with Crippen molar-refractivity contribution in [2.24, 2.45) is 5.73 Å². The SMILES string of the molecule is NC[C@@H]1CCCN1C1CCCC1. The highest BCUT2D eigenvalue weighted by Crippen LogP contribution is 2.29. The van der Waals surface area contributed by atoms with Crippen LogP contribution in [0.15, 0.2) is 0 Å². The number of hydrogen-bond donors (Lipinski definition) is 1. The second-order valence-electron chi connectivity index (χ2n) is 4.21. The van der Waals surface area contributed by atoms with Gasteiger partial charge in [0.2, 0.25) is 0 Å². The van der Waals surface area contributed by atoms with Crippen molar-refractivity contribution < 1.29 is 0 Å². The molecule has 2 N–H and O–H groups in total. The summed E-state index contributed by atoms with van der Waals surface area (Å²) in [6.07, 6.45) is 8.45. The van der Waals surface area contributed by atoms with E-state index >= 15 is 0 Å². The van der Waals surface area contributed by atoms with Crippen LogP contribution in [0.2, 0.25) is 0 Å². The minimum Gasteiger partial charge on any atom is -0.329 e. The molecule has 1 saturated heterocycles. The van der Waals surface area contributed by atoms with E-state index < -0.39 is 0 Å². The average molecular weight is 168 g/mol. The fourth-order valence-electron chi connectivity index (χ4n) is 2.83. The van der Waals surface area contributed by atoms with Crippen LogP contribution in [0.25, 0.3) is 0 Å². The van der Waals surface area contributed by atoms with E-state index in [2.05, 4.69) is 4.90 Å². The Morgan fingerprint density at radius 1 is 1.08 bits per heavy atom. The lowest BCUT2D eigenvalue weighted by molar-refractivity contribution is 0.185. The zero-order valence-corrected chi connectivity index (χ0v) is 7.84. The number of nitrogens with two attached hydrogens (primary N) is 1. The van der Waals surface area contributed by atoms with Gasteiger partial charge < -0.3 is 5.73 Å². The summed E-state index contributed by atoms with van der Waals surface area (Å²) in [5.41, 5.74) is 5.75. The van der Waals surface area contributed by atoms with Crippen LogP contribution in [-0.2, 0) is 0 Å². The first-order valence-corrected chi connectivity index (χ1v) is 5.37. The first kappa shape index (κ1) is 8.52. The highest BCUT2D eigenvalue weighted by Gasteiger charge is 2.30. The summed E-state index contributed by atoms with van der Waals surface area (Å²) in [7, 11) is 0. The van der Waals surface area contributed by atoms with Gasteiger partial charge in [0.15, 0.2) is 0 Å². The second kappa shape index (κ2) is 3.75. The second-order valence-corrected chi connectivity index (χ2v) is 4.21. The van der Waals surface area contributed by atoms with Crippen LogP contribution in [0, 0.1) is 0 Å². The largest absolute Gasteiger partial charge is 0.329 e. The average Bonchev–Trinajstić information content (AvgIpc) is 2.74. The van der Waals surface area contributed by atoms with Gasteiger partial charge >= 0.3 is 0 Å². The van der Waals surface area contributed by atoms with E-state index in [-0.39, 0.29) is 0 Å². The Balaban J connectivity index is 1.92. The van der Waals surface area contributed by atoms with Gasteiger partial charge in [0.25, 0.3) is 0 Å². The maximum absolute atomic E-state index is 5.75. The predicted octanol–water partition coefficient (Wildman–Crippen LogP) is 1.35. The lowest BCUT2D eigenvalue weighted by Crippen LogP contribution is -2.41. The van der Waals surface area contributed by atoms with Crippen molar-refractivity contribution in [3.8, 4) is 0 Å². The lowest BCUT2D eigenvalue weighted by atomic mass is 10.1. The highest BCUT2D eigenvalue weighted by molar-refractivity contribution is 4.87. The summed E-state index contributed by atoms with van der Waals surface area (Å²) in [4.78, 5) is 2.67. The Hall–Kier alpha value is -0.0800. The lowest BCUT2D eigenvalue weighted by Gasteiger charge is -2.29. The Morgan fingerprint density at radius 2 is 1.83 bits per heavy atom. The van der Waals surface area contributed by atoms with Gasteiger partial charge in [-0.15, -0.1) is 0 Å². The van der Waals surface area contributed by atoms with Gasteiger partial charge in [-0.25, -0.2) is 0 Å². The molecule has 2 rings (SSSR count). The van der Waals surface area contributed by atoms with Gasteiger partial charge in [0.05, 0.1) is 0 Å². The summed E-state index contributed by atoms with van der Waals surface area (Å²) in [6.45, 7) is 2.18. The zero-order valence-electron chi connectivity index (χ0n) is 7.84. The molecular weight excluding hydrogens is 148 g/mol. The van der Waals surface area contributed by atoms with Gasteiger partial charge in [-0.1, -0.05) is 12.8 Å². The normalized spacial score (nSPS) is 33.2. The Kier molecular flexibility index (Phi) is 2.66. The maximum atomic E-state index is 5.75. The van der Waals surface area contributed by atoms with Crippen molar-refractivity contribution in [2.45, 2.75) is 50.6 Å². The molecule has 0 spiro atoms. The van der Waals surface area contributed by atoms with Crippen LogP contribution in [0.4, 0.5) is 0 Å². The number of hydrogen-bond acceptors (Lipinski definition) is 2. The van der Waals surface area contributed by atoms with E-state index in [1.54, 1.807) is 0 Å². The third-order valence-corrected chi connectivity index (χ3v) is 3.49. The van der Waals surface area contributed by atoms with Crippen LogP contribution >= 0.6 is 0 Å². The van der Waals surface area contributed by atoms with Gasteiger partial charge in [-0.3, -0.25) is 4.90 Å². The van der Waals surface area contributed by atoms with Crippen LogP contribution in [0.3, 0.4) is 0 Å². The summed E-state index contributed by atoms with van der Waals surface area (Å²) in [5.74, 6) is 0. The van der Waals surface area contributed by atoms with E-state index in [1.165, 1.54) is 45.1 Å². The molecule has 0 aromatic heterocycles. The van der Waals surface area contributed by atoms with Crippen molar-refractivity contribution in [2.75, 3.05) is 13.1 Å². The summed E-state index contributed by atoms with van der Waals surface area (Å²) >= 11 is 0. The van der Waals surface area contributed by atoms with Gasteiger partial charge in [0, 0.05) is 18.6 Å². The summed E-state index contributed by atoms with van der Waals surface area (Å²) in [5, 5.41) is 0. The molecule has 1 atom stereocenters. The molecule has 1 aliphatic carbocycles. The van der Waals surface area contributed by atoms with Crippen LogP contribution in [-0.4, -0.2) is 30.1 Å². The van der Waals surface area contributed by atoms with Gasteiger partial charge in [-0.2, -0.15) is 0 Å². The quantitative estimate of drug-likeness (QED) is 0.674. The molecule has 1 aliphatic heterocycles. The number of rotatable bonds is 2. The van der Waals surface area contributed by atoms with Crippen molar-refractivity contribution in [1.82, 2.24) is 4.90 Å². The van der Waals surface area contributed by atoms with E-state index in [0.29, 0.717) is 6.04 Å². The Bertz CT molecular complexity index is 141. The minimum atomic E-state index is 0.716. The van der Waals surface area contributed by atoms with E-state index in [9.17, 15) is 0 Å². The molecule has 2 fully saturated rings. The smallest absolute Gasteiger partial charge is 0.0221 e. The topological polar surface area (TPSA) is 29.3 Å². The third-order valence-electron chi connectivity index (χ3n) is 3.49. The first-order valence-electron chi connectivity index (χ1n) is 5.37. The highest BCUT2D eigenvalue weighted by atomic mass is 15.2. The van der Waals surface area contributed by atoms with Crippen molar-refractivity contribution in [1.29, 1.82) is 0 Å². The number of nitrogens with zero attached hydrogens (tertiary/aromatic N) is 1. The molecule has 2 heteroatoms. The van der Waals surface area contributed by atoms with Gasteiger partial charge in [-0.05, 0) is 32.2 Å². The maximum Gasteiger partial charge on any atom is 0.0221 e. The van der Waals surface area contributed by atoms with Crippen molar-refractivity contribution in [3.05, 3.63) is 0 Å². The molecule has 12 heavy (non-hydrogen) atoms. The van der Waals surface area contributed by atoms with Crippen molar-refractivity contribution >= 4 is 0 Å². The third kappa shape index (κ3) is 1.50. The fraction of sp³-hybridized carbons (Fsp3) is 1.00. The fourth-order valence-corrected chi connectivity index (χ4v) is 2.83. The molecule has 0 amide bonds. The molecule has 0 aromatic rings. The molecule has 2 nitrogen and oxygen atoms in total. The molecular formula is C10H20N2. The molecule has 1 saturated carbocycles. The first-order chi connectivity index (χ1) is 5.92. The van der Waals surface area contributed by atoms with Crippen molar-refractivity contribution in [3.63, 3.8) is 0 Å². The molecule has 70 valence electrons. The van der Waals surface area contributed by atoms with E-state index in [0.717, 1.165) is 12.6 Å². The Labute approximate surface area is 75.1 Å². The number of likely N-dealkylation sites (tertiary alicyclic amines) is 1. The monoisotopic (exact) mass is 168 g/mol. The molecule has 1 heterocycles. The standard InChI is InChI=1S/C10H20N2/c11-8-10-6-3-7-12(10)9-4-1-2-5-9/h9-10H,1-8,11H2/t10-/m0/s1. The molecule has 0 aromatic carbocycles. The molecule has 0 bridgehead atoms. The molecule has 0 radical (unpaired) electrons. The zero-order chi connectivity index (χ0) is 8.39. The van der Waals surface area contributed by atoms with E-state index in [4.69, 9.17) is 5.73 Å². The Morgan fingerprint density at radius 3 is 2.50 bits per heavy atom. The summed E-state index contributed by atoms with van der Waals surface area (Å²) in [6, 6.07) is 1.61. The van der Waals surface area contributed by atoms with Crippen LogP contribution in [0.5, 0.6) is 0 Å². The van der Waals surface area contributed by atoms with Crippen LogP contribution < -0.4 is 5.73 Å².